The standard InChI is InChI=1S/C22H30N2O/c1-2-3-5-10-21(25)24-17-13-22(14-18-24)11-15-23(16-12-22)19-20-8-6-4-7-9-20/h1,4,6-9H,3,5,10-19H2. The van der Waals surface area contributed by atoms with Crippen molar-refractivity contribution in [2.24, 2.45) is 5.41 Å². The summed E-state index contributed by atoms with van der Waals surface area (Å²) in [5.41, 5.74) is 1.88. The molecular formula is C22H30N2O. The minimum atomic E-state index is 0.298. The molecule has 2 heterocycles. The highest BCUT2D eigenvalue weighted by Crippen LogP contribution is 2.41. The Hall–Kier alpha value is -1.79. The number of terminal acetylenes is 1. The summed E-state index contributed by atoms with van der Waals surface area (Å²) in [5, 5.41) is 0. The number of likely N-dealkylation sites (tertiary alicyclic amines) is 2. The second-order valence-electron chi connectivity index (χ2n) is 7.70. The van der Waals surface area contributed by atoms with Gasteiger partial charge in [0.2, 0.25) is 5.91 Å². The van der Waals surface area contributed by atoms with Crippen molar-refractivity contribution >= 4 is 5.91 Å². The Labute approximate surface area is 152 Å². The highest BCUT2D eigenvalue weighted by molar-refractivity contribution is 5.76. The van der Waals surface area contributed by atoms with Crippen molar-refractivity contribution in [1.82, 2.24) is 9.80 Å². The molecule has 0 unspecified atom stereocenters. The van der Waals surface area contributed by atoms with Gasteiger partial charge in [-0.25, -0.2) is 0 Å². The molecule has 25 heavy (non-hydrogen) atoms. The molecule has 1 aromatic carbocycles. The third-order valence-corrected chi connectivity index (χ3v) is 6.05. The SMILES string of the molecule is C#CCCCC(=O)N1CCC2(CCN(Cc3ccccc3)CC2)CC1. The van der Waals surface area contributed by atoms with Crippen molar-refractivity contribution in [1.29, 1.82) is 0 Å². The van der Waals surface area contributed by atoms with E-state index < -0.39 is 0 Å². The number of amides is 1. The van der Waals surface area contributed by atoms with Crippen LogP contribution in [0.15, 0.2) is 30.3 Å². The Bertz CT molecular complexity index is 586. The third kappa shape index (κ3) is 4.86. The van der Waals surface area contributed by atoms with Crippen molar-refractivity contribution < 1.29 is 4.79 Å². The Morgan fingerprint density at radius 3 is 2.32 bits per heavy atom. The van der Waals surface area contributed by atoms with Gasteiger partial charge in [-0.15, -0.1) is 12.3 Å². The molecule has 0 aliphatic carbocycles. The molecule has 3 nitrogen and oxygen atoms in total. The maximum Gasteiger partial charge on any atom is 0.222 e. The largest absolute Gasteiger partial charge is 0.343 e. The molecule has 1 spiro atoms. The van der Waals surface area contributed by atoms with Gasteiger partial charge < -0.3 is 4.90 Å². The predicted molar refractivity (Wildman–Crippen MR) is 102 cm³/mol. The molecule has 0 aromatic heterocycles. The van der Waals surface area contributed by atoms with E-state index in [1.54, 1.807) is 0 Å². The maximum atomic E-state index is 12.2. The van der Waals surface area contributed by atoms with E-state index in [4.69, 9.17) is 6.42 Å². The van der Waals surface area contributed by atoms with Crippen LogP contribution in [0.25, 0.3) is 0 Å². The van der Waals surface area contributed by atoms with Gasteiger partial charge in [-0.1, -0.05) is 30.3 Å². The van der Waals surface area contributed by atoms with Gasteiger partial charge in [-0.3, -0.25) is 9.69 Å². The molecule has 2 aliphatic rings. The Morgan fingerprint density at radius 2 is 1.68 bits per heavy atom. The fraction of sp³-hybridized carbons (Fsp3) is 0.591. The van der Waals surface area contributed by atoms with Gasteiger partial charge in [0.25, 0.3) is 0 Å². The summed E-state index contributed by atoms with van der Waals surface area (Å²) in [5.74, 6) is 2.92. The second-order valence-corrected chi connectivity index (χ2v) is 7.70. The highest BCUT2D eigenvalue weighted by atomic mass is 16.2. The van der Waals surface area contributed by atoms with Crippen LogP contribution in [-0.4, -0.2) is 41.9 Å². The zero-order valence-corrected chi connectivity index (χ0v) is 15.3. The summed E-state index contributed by atoms with van der Waals surface area (Å²) < 4.78 is 0. The van der Waals surface area contributed by atoms with Crippen LogP contribution in [-0.2, 0) is 11.3 Å². The number of nitrogens with zero attached hydrogens (tertiary/aromatic N) is 2. The molecule has 2 aliphatic heterocycles. The number of hydrogen-bond acceptors (Lipinski definition) is 2. The van der Waals surface area contributed by atoms with Gasteiger partial charge in [0.1, 0.15) is 0 Å². The first-order chi connectivity index (χ1) is 12.2. The summed E-state index contributed by atoms with van der Waals surface area (Å²) in [6, 6.07) is 10.8. The molecule has 3 rings (SSSR count). The Morgan fingerprint density at radius 1 is 1.04 bits per heavy atom. The zero-order valence-electron chi connectivity index (χ0n) is 15.3. The van der Waals surface area contributed by atoms with Crippen LogP contribution in [0.1, 0.15) is 50.5 Å². The minimum Gasteiger partial charge on any atom is -0.343 e. The molecule has 0 bridgehead atoms. The van der Waals surface area contributed by atoms with Crippen molar-refractivity contribution in [2.45, 2.75) is 51.5 Å². The van der Waals surface area contributed by atoms with Crippen molar-refractivity contribution in [3.63, 3.8) is 0 Å². The topological polar surface area (TPSA) is 23.6 Å². The third-order valence-electron chi connectivity index (χ3n) is 6.05. The lowest BCUT2D eigenvalue weighted by Gasteiger charge is -2.47. The molecule has 134 valence electrons. The minimum absolute atomic E-state index is 0.298. The first kappa shape index (κ1) is 18.0. The van der Waals surface area contributed by atoms with Crippen LogP contribution in [0.4, 0.5) is 0 Å². The zero-order chi connectivity index (χ0) is 17.5. The number of unbranched alkanes of at least 4 members (excludes halogenated alkanes) is 1. The average molecular weight is 338 g/mol. The van der Waals surface area contributed by atoms with E-state index in [2.05, 4.69) is 46.1 Å². The summed E-state index contributed by atoms with van der Waals surface area (Å²) >= 11 is 0. The summed E-state index contributed by atoms with van der Waals surface area (Å²) in [6.07, 6.45) is 12.3. The van der Waals surface area contributed by atoms with Crippen LogP contribution in [0.3, 0.4) is 0 Å². The quantitative estimate of drug-likeness (QED) is 0.604. The van der Waals surface area contributed by atoms with E-state index in [9.17, 15) is 4.79 Å². The van der Waals surface area contributed by atoms with Crippen LogP contribution in [0, 0.1) is 17.8 Å². The number of hydrogen-bond donors (Lipinski definition) is 0. The van der Waals surface area contributed by atoms with Gasteiger partial charge >= 0.3 is 0 Å². The van der Waals surface area contributed by atoms with Crippen LogP contribution in [0.2, 0.25) is 0 Å². The summed E-state index contributed by atoms with van der Waals surface area (Å²) in [4.78, 5) is 16.9. The van der Waals surface area contributed by atoms with Crippen LogP contribution < -0.4 is 0 Å². The van der Waals surface area contributed by atoms with E-state index in [0.717, 1.165) is 26.1 Å². The van der Waals surface area contributed by atoms with Gasteiger partial charge in [0, 0.05) is 32.5 Å². The molecular weight excluding hydrogens is 308 g/mol. The normalized spacial score (nSPS) is 20.4. The molecule has 3 heteroatoms. The molecule has 2 saturated heterocycles. The van der Waals surface area contributed by atoms with Crippen molar-refractivity contribution in [3.8, 4) is 12.3 Å². The smallest absolute Gasteiger partial charge is 0.222 e. The molecule has 0 atom stereocenters. The molecule has 0 radical (unpaired) electrons. The lowest BCUT2D eigenvalue weighted by Crippen LogP contribution is -2.48. The second kappa shape index (κ2) is 8.54. The molecule has 0 N–H and O–H groups in total. The van der Waals surface area contributed by atoms with Crippen molar-refractivity contribution in [2.75, 3.05) is 26.2 Å². The van der Waals surface area contributed by atoms with Gasteiger partial charge in [-0.05, 0) is 56.2 Å². The van der Waals surface area contributed by atoms with Crippen LogP contribution >= 0.6 is 0 Å². The molecule has 1 aromatic rings. The fourth-order valence-corrected chi connectivity index (χ4v) is 4.26. The van der Waals surface area contributed by atoms with Gasteiger partial charge in [0.15, 0.2) is 0 Å². The van der Waals surface area contributed by atoms with E-state index in [1.165, 1.54) is 44.3 Å². The number of piperidine rings is 2. The van der Waals surface area contributed by atoms with E-state index in [-0.39, 0.29) is 0 Å². The van der Waals surface area contributed by atoms with E-state index in [1.807, 2.05) is 0 Å². The predicted octanol–water partition coefficient (Wildman–Crippen LogP) is 3.69. The average Bonchev–Trinajstić information content (AvgIpc) is 2.65. The monoisotopic (exact) mass is 338 g/mol. The maximum absolute atomic E-state index is 12.2. The summed E-state index contributed by atoms with van der Waals surface area (Å²) in [6.45, 7) is 5.31. The Balaban J connectivity index is 1.42. The number of benzene rings is 1. The lowest BCUT2D eigenvalue weighted by atomic mass is 9.71. The van der Waals surface area contributed by atoms with Crippen molar-refractivity contribution in [3.05, 3.63) is 35.9 Å². The van der Waals surface area contributed by atoms with E-state index in [0.29, 0.717) is 24.2 Å². The summed E-state index contributed by atoms with van der Waals surface area (Å²) in [7, 11) is 0. The molecule has 0 saturated carbocycles. The Kier molecular flexibility index (Phi) is 6.15. The number of carbonyl (C=O) groups excluding carboxylic acids is 1. The van der Waals surface area contributed by atoms with E-state index >= 15 is 0 Å². The lowest BCUT2D eigenvalue weighted by molar-refractivity contribution is -0.134. The first-order valence-electron chi connectivity index (χ1n) is 9.68. The molecule has 2 fully saturated rings. The number of rotatable bonds is 5. The first-order valence-corrected chi connectivity index (χ1v) is 9.68. The molecule has 1 amide bonds. The van der Waals surface area contributed by atoms with Gasteiger partial charge in [0.05, 0.1) is 0 Å². The fourth-order valence-electron chi connectivity index (χ4n) is 4.26. The highest BCUT2D eigenvalue weighted by Gasteiger charge is 2.38. The van der Waals surface area contributed by atoms with Crippen LogP contribution in [0.5, 0.6) is 0 Å². The number of carbonyl (C=O) groups is 1. The van der Waals surface area contributed by atoms with Gasteiger partial charge in [-0.2, -0.15) is 0 Å².